The third kappa shape index (κ3) is 4.87. The van der Waals surface area contributed by atoms with Crippen molar-refractivity contribution in [2.24, 2.45) is 0 Å². The molecule has 7 nitrogen and oxygen atoms in total. The van der Waals surface area contributed by atoms with Crippen LogP contribution in [-0.4, -0.2) is 31.1 Å². The lowest BCUT2D eigenvalue weighted by Gasteiger charge is -2.06. The molecule has 24 heavy (non-hydrogen) atoms. The van der Waals surface area contributed by atoms with Crippen LogP contribution in [0.1, 0.15) is 5.01 Å². The highest BCUT2D eigenvalue weighted by Crippen LogP contribution is 2.32. The molecule has 1 heterocycles. The summed E-state index contributed by atoms with van der Waals surface area (Å²) in [7, 11) is -3.96. The van der Waals surface area contributed by atoms with Crippen LogP contribution in [0.25, 0.3) is 0 Å². The Labute approximate surface area is 142 Å². The third-order valence-corrected chi connectivity index (χ3v) is 5.01. The zero-order chi connectivity index (χ0) is 18.0. The summed E-state index contributed by atoms with van der Waals surface area (Å²) in [6.45, 7) is -0.689. The molecular formula is C11H8ClF3N4O3S2. The molecule has 0 atom stereocenters. The van der Waals surface area contributed by atoms with E-state index in [4.69, 9.17) is 11.6 Å². The molecule has 0 fully saturated rings. The van der Waals surface area contributed by atoms with Crippen molar-refractivity contribution >= 4 is 44.0 Å². The zero-order valence-corrected chi connectivity index (χ0v) is 13.9. The Morgan fingerprint density at radius 3 is 2.38 bits per heavy atom. The molecule has 0 saturated heterocycles. The molecule has 2 N–H and O–H groups in total. The Kier molecular flexibility index (Phi) is 5.42. The van der Waals surface area contributed by atoms with Gasteiger partial charge in [0.1, 0.15) is 0 Å². The molecule has 2 aromatic rings. The van der Waals surface area contributed by atoms with Gasteiger partial charge in [0.25, 0.3) is 0 Å². The standard InChI is InChI=1S/C11H8ClF3N4O3S2/c12-6-1-3-7(4-2-6)24(21,22)16-5-8(20)17-10-19-18-9(23-10)11(13,14)15/h1-4,16H,5H2,(H,17,19,20). The SMILES string of the molecule is O=C(CNS(=O)(=O)c1ccc(Cl)cc1)Nc1nnc(C(F)(F)F)s1. The van der Waals surface area contributed by atoms with Crippen molar-refractivity contribution < 1.29 is 26.4 Å². The number of nitrogens with one attached hydrogen (secondary N) is 2. The van der Waals surface area contributed by atoms with E-state index in [1.165, 1.54) is 24.3 Å². The number of benzene rings is 1. The summed E-state index contributed by atoms with van der Waals surface area (Å²) in [6, 6.07) is 5.19. The van der Waals surface area contributed by atoms with E-state index < -0.39 is 38.8 Å². The Morgan fingerprint density at radius 1 is 1.21 bits per heavy atom. The van der Waals surface area contributed by atoms with E-state index in [-0.39, 0.29) is 16.2 Å². The number of carbonyl (C=O) groups is 1. The van der Waals surface area contributed by atoms with Crippen LogP contribution in [0.3, 0.4) is 0 Å². The minimum absolute atomic E-state index is 0.116. The highest BCUT2D eigenvalue weighted by molar-refractivity contribution is 7.89. The first-order valence-corrected chi connectivity index (χ1v) is 8.71. The molecule has 0 radical (unpaired) electrons. The summed E-state index contributed by atoms with van der Waals surface area (Å²) in [5, 5.41) is 6.79. The molecule has 13 heteroatoms. The topological polar surface area (TPSA) is 101 Å². The van der Waals surface area contributed by atoms with Gasteiger partial charge in [0.2, 0.25) is 26.1 Å². The lowest BCUT2D eigenvalue weighted by molar-refractivity contribution is -0.138. The van der Waals surface area contributed by atoms with Crippen molar-refractivity contribution in [2.75, 3.05) is 11.9 Å². The molecule has 1 amide bonds. The van der Waals surface area contributed by atoms with E-state index >= 15 is 0 Å². The number of alkyl halides is 3. The van der Waals surface area contributed by atoms with Crippen molar-refractivity contribution in [3.63, 3.8) is 0 Å². The Morgan fingerprint density at radius 2 is 1.83 bits per heavy atom. The number of anilines is 1. The highest BCUT2D eigenvalue weighted by Gasteiger charge is 2.35. The van der Waals surface area contributed by atoms with Crippen LogP contribution >= 0.6 is 22.9 Å². The molecule has 0 bridgehead atoms. The second-order valence-electron chi connectivity index (χ2n) is 4.24. The first-order chi connectivity index (χ1) is 11.1. The number of hydrogen-bond donors (Lipinski definition) is 2. The molecule has 2 rings (SSSR count). The maximum atomic E-state index is 12.4. The van der Waals surface area contributed by atoms with E-state index in [0.29, 0.717) is 5.02 Å². The van der Waals surface area contributed by atoms with Gasteiger partial charge < -0.3 is 0 Å². The summed E-state index contributed by atoms with van der Waals surface area (Å²) >= 11 is 5.77. The summed E-state index contributed by atoms with van der Waals surface area (Å²) in [5.41, 5.74) is 0. The smallest absolute Gasteiger partial charge is 0.299 e. The fraction of sp³-hybridized carbons (Fsp3) is 0.182. The molecular weight excluding hydrogens is 393 g/mol. The molecule has 0 aliphatic heterocycles. The van der Waals surface area contributed by atoms with Gasteiger partial charge in [-0.1, -0.05) is 22.9 Å². The normalized spacial score (nSPS) is 12.2. The minimum Gasteiger partial charge on any atom is -0.299 e. The number of aromatic nitrogens is 2. The average molecular weight is 401 g/mol. The van der Waals surface area contributed by atoms with Crippen LogP contribution in [0.2, 0.25) is 5.02 Å². The molecule has 130 valence electrons. The van der Waals surface area contributed by atoms with Gasteiger partial charge >= 0.3 is 6.18 Å². The second kappa shape index (κ2) is 7.01. The predicted octanol–water partition coefficient (Wildman–Crippen LogP) is 2.13. The van der Waals surface area contributed by atoms with Crippen molar-refractivity contribution in [1.29, 1.82) is 0 Å². The van der Waals surface area contributed by atoms with Gasteiger partial charge in [-0.2, -0.15) is 13.2 Å². The molecule has 0 saturated carbocycles. The van der Waals surface area contributed by atoms with Crippen LogP contribution in [0.15, 0.2) is 29.2 Å². The zero-order valence-electron chi connectivity index (χ0n) is 11.5. The second-order valence-corrected chi connectivity index (χ2v) is 7.42. The van der Waals surface area contributed by atoms with Crippen LogP contribution in [0.5, 0.6) is 0 Å². The van der Waals surface area contributed by atoms with E-state index in [2.05, 4.69) is 10.2 Å². The van der Waals surface area contributed by atoms with Gasteiger partial charge in [-0.05, 0) is 24.3 Å². The Hall–Kier alpha value is -1.76. The summed E-state index contributed by atoms with van der Waals surface area (Å²) in [4.78, 5) is 11.5. The predicted molar refractivity (Wildman–Crippen MR) is 80.2 cm³/mol. The van der Waals surface area contributed by atoms with Gasteiger partial charge in [0.15, 0.2) is 0 Å². The van der Waals surface area contributed by atoms with Gasteiger partial charge in [-0.25, -0.2) is 13.1 Å². The monoisotopic (exact) mass is 400 g/mol. The van der Waals surface area contributed by atoms with Crippen LogP contribution in [0, 0.1) is 0 Å². The fourth-order valence-electron chi connectivity index (χ4n) is 1.41. The van der Waals surface area contributed by atoms with Crippen molar-refractivity contribution in [2.45, 2.75) is 11.1 Å². The molecule has 0 aliphatic carbocycles. The number of hydrogen-bond acceptors (Lipinski definition) is 6. The first kappa shape index (κ1) is 18.6. The number of carbonyl (C=O) groups excluding carboxylic acids is 1. The lowest BCUT2D eigenvalue weighted by Crippen LogP contribution is -2.32. The van der Waals surface area contributed by atoms with Gasteiger partial charge in [-0.15, -0.1) is 10.2 Å². The van der Waals surface area contributed by atoms with E-state index in [1.54, 1.807) is 0 Å². The van der Waals surface area contributed by atoms with Crippen LogP contribution in [-0.2, 0) is 21.0 Å². The molecule has 1 aromatic heterocycles. The van der Waals surface area contributed by atoms with Gasteiger partial charge in [-0.3, -0.25) is 10.1 Å². The van der Waals surface area contributed by atoms with Gasteiger partial charge in [0.05, 0.1) is 11.4 Å². The van der Waals surface area contributed by atoms with E-state index in [0.717, 1.165) is 0 Å². The Balaban J connectivity index is 1.95. The molecule has 1 aromatic carbocycles. The first-order valence-electron chi connectivity index (χ1n) is 6.04. The maximum Gasteiger partial charge on any atom is 0.445 e. The fourth-order valence-corrected chi connectivity index (χ4v) is 3.14. The van der Waals surface area contributed by atoms with Crippen molar-refractivity contribution in [3.8, 4) is 0 Å². The van der Waals surface area contributed by atoms with Crippen molar-refractivity contribution in [1.82, 2.24) is 14.9 Å². The minimum atomic E-state index is -4.67. The quantitative estimate of drug-likeness (QED) is 0.800. The molecule has 0 unspecified atom stereocenters. The van der Waals surface area contributed by atoms with Gasteiger partial charge in [0, 0.05) is 5.02 Å². The number of sulfonamides is 1. The largest absolute Gasteiger partial charge is 0.445 e. The lowest BCUT2D eigenvalue weighted by atomic mass is 10.4. The molecule has 0 spiro atoms. The maximum absolute atomic E-state index is 12.4. The average Bonchev–Trinajstić information content (AvgIpc) is 2.94. The summed E-state index contributed by atoms with van der Waals surface area (Å²) < 4.78 is 62.9. The molecule has 0 aliphatic rings. The van der Waals surface area contributed by atoms with Crippen molar-refractivity contribution in [3.05, 3.63) is 34.3 Å². The van der Waals surface area contributed by atoms with E-state index in [9.17, 15) is 26.4 Å². The highest BCUT2D eigenvalue weighted by atomic mass is 35.5. The number of rotatable bonds is 5. The number of halogens is 4. The number of amides is 1. The van der Waals surface area contributed by atoms with Crippen LogP contribution in [0.4, 0.5) is 18.3 Å². The van der Waals surface area contributed by atoms with E-state index in [1.807, 2.05) is 10.0 Å². The number of nitrogens with zero attached hydrogens (tertiary/aromatic N) is 2. The van der Waals surface area contributed by atoms with Crippen LogP contribution < -0.4 is 10.0 Å². The summed E-state index contributed by atoms with van der Waals surface area (Å²) in [6.07, 6.45) is -4.67. The summed E-state index contributed by atoms with van der Waals surface area (Å²) in [5.74, 6) is -0.891. The third-order valence-electron chi connectivity index (χ3n) is 2.46. The Bertz CT molecular complexity index is 837.